The Morgan fingerprint density at radius 2 is 2.15 bits per heavy atom. The van der Waals surface area contributed by atoms with Gasteiger partial charge in [-0.25, -0.2) is 0 Å². The van der Waals surface area contributed by atoms with Gasteiger partial charge in [-0.3, -0.25) is 0 Å². The summed E-state index contributed by atoms with van der Waals surface area (Å²) in [6.07, 6.45) is 0. The average molecular weight is 217 g/mol. The van der Waals surface area contributed by atoms with Gasteiger partial charge in [-0.1, -0.05) is 23.2 Å². The molecule has 0 radical (unpaired) electrons. The molecule has 0 saturated heterocycles. The minimum Gasteiger partial charge on any atom is -0.446 e. The Morgan fingerprint density at radius 3 is 2.62 bits per heavy atom. The van der Waals surface area contributed by atoms with Gasteiger partial charge in [0, 0.05) is 12.1 Å². The van der Waals surface area contributed by atoms with Gasteiger partial charge in [0.25, 0.3) is 0 Å². The van der Waals surface area contributed by atoms with Crippen LogP contribution in [0.2, 0.25) is 10.0 Å². The zero-order chi connectivity index (χ0) is 10.0. The third-order valence-corrected chi connectivity index (χ3v) is 2.90. The second-order valence-corrected chi connectivity index (χ2v) is 3.56. The van der Waals surface area contributed by atoms with Gasteiger partial charge in [0.1, 0.15) is 13.5 Å². The summed E-state index contributed by atoms with van der Waals surface area (Å²) >= 11 is 11.9. The van der Waals surface area contributed by atoms with Crippen LogP contribution in [0.1, 0.15) is 5.56 Å². The molecule has 1 rings (SSSR count). The number of benzene rings is 1. The fraction of sp³-hybridized carbons (Fsp3) is 0.125. The molecule has 0 amide bonds. The highest BCUT2D eigenvalue weighted by molar-refractivity contribution is 6.51. The van der Waals surface area contributed by atoms with Crippen LogP contribution in [0.4, 0.5) is 5.69 Å². The van der Waals surface area contributed by atoms with Crippen LogP contribution < -0.4 is 16.5 Å². The molecule has 0 aromatic heterocycles. The van der Waals surface area contributed by atoms with Gasteiger partial charge >= 0.3 is 0 Å². The summed E-state index contributed by atoms with van der Waals surface area (Å²) < 4.78 is 0. The van der Waals surface area contributed by atoms with Crippen molar-refractivity contribution in [1.82, 2.24) is 0 Å². The summed E-state index contributed by atoms with van der Waals surface area (Å²) in [5, 5.41) is 2.87. The molecular weight excluding hydrogens is 206 g/mol. The highest BCUT2D eigenvalue weighted by atomic mass is 35.5. The van der Waals surface area contributed by atoms with E-state index >= 15 is 0 Å². The molecule has 0 saturated carbocycles. The number of hydrogen-bond acceptors (Lipinski definition) is 1. The molecule has 0 aliphatic carbocycles. The van der Waals surface area contributed by atoms with Crippen molar-refractivity contribution in [1.29, 1.82) is 0 Å². The van der Waals surface area contributed by atoms with Gasteiger partial charge in [0.2, 0.25) is 0 Å². The molecule has 1 aromatic carbocycles. The lowest BCUT2D eigenvalue weighted by atomic mass is 9.91. The summed E-state index contributed by atoms with van der Waals surface area (Å²) in [4.78, 5) is 0. The number of halogens is 2. The van der Waals surface area contributed by atoms with Gasteiger partial charge in [0.05, 0.1) is 10.0 Å². The summed E-state index contributed by atoms with van der Waals surface area (Å²) in [7, 11) is 5.62. The molecular formula is C8H11BCl2N2. The minimum absolute atomic E-state index is 0.444. The Bertz CT molecular complexity index is 328. The SMILES string of the molecule is Bc1c(Cl)c(Cl)cc(CN)c1[NH2+][CH2-]. The van der Waals surface area contributed by atoms with Gasteiger partial charge in [-0.15, -0.1) is 7.05 Å². The highest BCUT2D eigenvalue weighted by Gasteiger charge is 2.12. The van der Waals surface area contributed by atoms with Crippen LogP contribution in [0.5, 0.6) is 0 Å². The molecule has 5 heteroatoms. The van der Waals surface area contributed by atoms with E-state index in [9.17, 15) is 0 Å². The maximum absolute atomic E-state index is 5.97. The molecule has 0 atom stereocenters. The molecule has 13 heavy (non-hydrogen) atoms. The monoisotopic (exact) mass is 216 g/mol. The zero-order valence-electron chi connectivity index (χ0n) is 7.40. The van der Waals surface area contributed by atoms with Crippen molar-refractivity contribution in [2.45, 2.75) is 6.54 Å². The van der Waals surface area contributed by atoms with Gasteiger partial charge in [0.15, 0.2) is 0 Å². The van der Waals surface area contributed by atoms with Crippen molar-refractivity contribution < 1.29 is 5.32 Å². The molecule has 70 valence electrons. The smallest absolute Gasteiger partial charge is 0.149 e. The number of quaternary nitrogens is 1. The molecule has 0 spiro atoms. The van der Waals surface area contributed by atoms with Crippen LogP contribution in [0.15, 0.2) is 6.07 Å². The van der Waals surface area contributed by atoms with E-state index in [-0.39, 0.29) is 0 Å². The van der Waals surface area contributed by atoms with Crippen LogP contribution in [0, 0.1) is 7.05 Å². The fourth-order valence-electron chi connectivity index (χ4n) is 1.29. The van der Waals surface area contributed by atoms with E-state index in [1.54, 1.807) is 11.4 Å². The Labute approximate surface area is 88.8 Å². The molecule has 0 aliphatic rings. The summed E-state index contributed by atoms with van der Waals surface area (Å²) in [5.74, 6) is 0. The Kier molecular flexibility index (Phi) is 3.62. The first-order valence-corrected chi connectivity index (χ1v) is 4.67. The minimum atomic E-state index is 0.444. The summed E-state index contributed by atoms with van der Waals surface area (Å²) in [6.45, 7) is 0.444. The standard InChI is InChI=1S/C8H11BCl2N2/c1-13-8-4(3-12)2-5(10)7(11)6(8)9/h2H,1,3,9,12-13H2. The van der Waals surface area contributed by atoms with Crippen LogP contribution >= 0.6 is 23.2 Å². The van der Waals surface area contributed by atoms with Crippen molar-refractivity contribution in [3.05, 3.63) is 28.7 Å². The summed E-state index contributed by atoms with van der Waals surface area (Å²) in [5.41, 5.74) is 8.46. The van der Waals surface area contributed by atoms with Crippen molar-refractivity contribution in [2.24, 2.45) is 5.73 Å². The van der Waals surface area contributed by atoms with Crippen molar-refractivity contribution in [3.63, 3.8) is 0 Å². The third-order valence-electron chi connectivity index (χ3n) is 2.01. The van der Waals surface area contributed by atoms with E-state index in [0.717, 1.165) is 16.7 Å². The second-order valence-electron chi connectivity index (χ2n) is 2.78. The first-order chi connectivity index (χ1) is 6.11. The lowest BCUT2D eigenvalue weighted by molar-refractivity contribution is -0.504. The van der Waals surface area contributed by atoms with E-state index in [2.05, 4.69) is 7.05 Å². The zero-order valence-corrected chi connectivity index (χ0v) is 8.91. The van der Waals surface area contributed by atoms with Crippen molar-refractivity contribution in [3.8, 4) is 0 Å². The van der Waals surface area contributed by atoms with Gasteiger partial charge in [-0.05, 0) is 11.5 Å². The van der Waals surface area contributed by atoms with Crippen LogP contribution in [0.3, 0.4) is 0 Å². The predicted molar refractivity (Wildman–Crippen MR) is 59.5 cm³/mol. The molecule has 4 N–H and O–H groups in total. The molecule has 2 nitrogen and oxygen atoms in total. The Hall–Kier alpha value is -0.215. The molecule has 0 fully saturated rings. The van der Waals surface area contributed by atoms with Crippen LogP contribution in [0.25, 0.3) is 0 Å². The van der Waals surface area contributed by atoms with Gasteiger partial charge < -0.3 is 11.1 Å². The van der Waals surface area contributed by atoms with Crippen molar-refractivity contribution >= 4 is 42.2 Å². The fourth-order valence-corrected chi connectivity index (χ4v) is 1.72. The Balaban J connectivity index is 3.39. The van der Waals surface area contributed by atoms with E-state index in [1.807, 2.05) is 7.85 Å². The van der Waals surface area contributed by atoms with Gasteiger partial charge in [-0.2, -0.15) is 0 Å². The van der Waals surface area contributed by atoms with Crippen molar-refractivity contribution in [2.75, 3.05) is 0 Å². The van der Waals surface area contributed by atoms with E-state index < -0.39 is 0 Å². The average Bonchev–Trinajstić information content (AvgIpc) is 2.13. The largest absolute Gasteiger partial charge is 0.446 e. The maximum atomic E-state index is 5.97. The number of hydrogen-bond donors (Lipinski definition) is 2. The molecule has 1 aromatic rings. The highest BCUT2D eigenvalue weighted by Crippen LogP contribution is 2.23. The Morgan fingerprint density at radius 1 is 1.54 bits per heavy atom. The molecule has 0 bridgehead atoms. The first-order valence-electron chi connectivity index (χ1n) is 3.91. The summed E-state index contributed by atoms with van der Waals surface area (Å²) in [6, 6.07) is 1.79. The molecule has 0 heterocycles. The van der Waals surface area contributed by atoms with Crippen LogP contribution in [-0.2, 0) is 6.54 Å². The second kappa shape index (κ2) is 4.33. The maximum Gasteiger partial charge on any atom is 0.149 e. The van der Waals surface area contributed by atoms with Crippen LogP contribution in [-0.4, -0.2) is 7.85 Å². The topological polar surface area (TPSA) is 42.6 Å². The quantitative estimate of drug-likeness (QED) is 0.398. The lowest BCUT2D eigenvalue weighted by Crippen LogP contribution is -2.72. The molecule has 0 unspecified atom stereocenters. The first kappa shape index (κ1) is 10.9. The predicted octanol–water partition coefficient (Wildman–Crippen LogP) is -0.303. The third kappa shape index (κ3) is 1.99. The lowest BCUT2D eigenvalue weighted by Gasteiger charge is -2.12. The van der Waals surface area contributed by atoms with E-state index in [4.69, 9.17) is 28.9 Å². The number of nitrogens with two attached hydrogens (primary N) is 2. The number of rotatable bonds is 2. The molecule has 0 aliphatic heterocycles. The van der Waals surface area contributed by atoms with E-state index in [1.165, 1.54) is 0 Å². The normalized spacial score (nSPS) is 10.5. The van der Waals surface area contributed by atoms with E-state index in [0.29, 0.717) is 16.6 Å².